The van der Waals surface area contributed by atoms with Crippen LogP contribution in [0.3, 0.4) is 0 Å². The average Bonchev–Trinajstić information content (AvgIpc) is 2.73. The van der Waals surface area contributed by atoms with E-state index in [0.29, 0.717) is 5.91 Å². The molecule has 0 unspecified atom stereocenters. The smallest absolute Gasteiger partial charge is 0.222 e. The Morgan fingerprint density at radius 3 is 2.82 bits per heavy atom. The number of rotatable bonds is 5. The summed E-state index contributed by atoms with van der Waals surface area (Å²) in [6.07, 6.45) is 6.97. The first kappa shape index (κ1) is 12.8. The van der Waals surface area contributed by atoms with E-state index in [1.165, 1.54) is 6.42 Å². The molecule has 1 amide bonds. The lowest BCUT2D eigenvalue weighted by molar-refractivity contribution is -0.127. The molecule has 0 spiro atoms. The highest BCUT2D eigenvalue weighted by atomic mass is 16.3. The van der Waals surface area contributed by atoms with Crippen molar-refractivity contribution in [1.82, 2.24) is 10.2 Å². The molecule has 1 aliphatic heterocycles. The third-order valence-electron chi connectivity index (χ3n) is 3.91. The van der Waals surface area contributed by atoms with E-state index in [4.69, 9.17) is 0 Å². The van der Waals surface area contributed by atoms with Gasteiger partial charge < -0.3 is 15.3 Å². The van der Waals surface area contributed by atoms with Crippen LogP contribution in [0.25, 0.3) is 0 Å². The molecule has 0 aromatic heterocycles. The second-order valence-electron chi connectivity index (χ2n) is 5.25. The van der Waals surface area contributed by atoms with Crippen LogP contribution in [0.4, 0.5) is 0 Å². The van der Waals surface area contributed by atoms with Crippen molar-refractivity contribution < 1.29 is 9.90 Å². The van der Waals surface area contributed by atoms with Crippen LogP contribution >= 0.6 is 0 Å². The molecule has 17 heavy (non-hydrogen) atoms. The van der Waals surface area contributed by atoms with E-state index in [9.17, 15) is 9.90 Å². The van der Waals surface area contributed by atoms with Gasteiger partial charge in [0, 0.05) is 25.6 Å². The third kappa shape index (κ3) is 3.68. The van der Waals surface area contributed by atoms with Crippen molar-refractivity contribution in [2.24, 2.45) is 0 Å². The standard InChI is InChI=1S/C13H24N2O2/c16-12-6-2-1-5-11(12)14-8-4-10-15-9-3-7-13(15)17/h11-12,14,16H,1-10H2/t11-,12-/m0/s1. The summed E-state index contributed by atoms with van der Waals surface area (Å²) in [5, 5.41) is 13.2. The van der Waals surface area contributed by atoms with E-state index in [0.717, 1.165) is 58.2 Å². The van der Waals surface area contributed by atoms with Crippen LogP contribution in [0.15, 0.2) is 0 Å². The number of aliphatic hydroxyl groups is 1. The van der Waals surface area contributed by atoms with Gasteiger partial charge in [-0.1, -0.05) is 12.8 Å². The normalized spacial score (nSPS) is 29.9. The summed E-state index contributed by atoms with van der Waals surface area (Å²) in [6, 6.07) is 0.276. The molecular formula is C13H24N2O2. The largest absolute Gasteiger partial charge is 0.392 e. The molecule has 2 rings (SSSR count). The first-order chi connectivity index (χ1) is 8.27. The van der Waals surface area contributed by atoms with E-state index < -0.39 is 0 Å². The molecule has 1 heterocycles. The molecule has 2 fully saturated rings. The van der Waals surface area contributed by atoms with Gasteiger partial charge in [-0.25, -0.2) is 0 Å². The highest BCUT2D eigenvalue weighted by Crippen LogP contribution is 2.18. The summed E-state index contributed by atoms with van der Waals surface area (Å²) in [5.74, 6) is 0.308. The zero-order chi connectivity index (χ0) is 12.1. The van der Waals surface area contributed by atoms with Crippen molar-refractivity contribution in [3.05, 3.63) is 0 Å². The van der Waals surface area contributed by atoms with Crippen LogP contribution in [-0.4, -0.2) is 47.7 Å². The van der Waals surface area contributed by atoms with Crippen molar-refractivity contribution in [3.63, 3.8) is 0 Å². The molecule has 0 aromatic rings. The van der Waals surface area contributed by atoms with Gasteiger partial charge in [0.05, 0.1) is 6.10 Å². The minimum atomic E-state index is -0.169. The van der Waals surface area contributed by atoms with Crippen LogP contribution in [0.1, 0.15) is 44.9 Å². The van der Waals surface area contributed by atoms with Gasteiger partial charge in [-0.3, -0.25) is 4.79 Å². The topological polar surface area (TPSA) is 52.6 Å². The number of carbonyl (C=O) groups excluding carboxylic acids is 1. The Bertz CT molecular complexity index is 258. The first-order valence-electron chi connectivity index (χ1n) is 6.96. The van der Waals surface area contributed by atoms with Gasteiger partial charge in [-0.05, 0) is 32.2 Å². The van der Waals surface area contributed by atoms with Gasteiger partial charge in [-0.2, -0.15) is 0 Å². The maximum atomic E-state index is 11.4. The van der Waals surface area contributed by atoms with E-state index in [-0.39, 0.29) is 12.1 Å². The Morgan fingerprint density at radius 2 is 2.12 bits per heavy atom. The Kier molecular flexibility index (Phi) is 4.80. The predicted molar refractivity (Wildman–Crippen MR) is 66.7 cm³/mol. The van der Waals surface area contributed by atoms with Crippen molar-refractivity contribution in [2.75, 3.05) is 19.6 Å². The molecule has 98 valence electrons. The van der Waals surface area contributed by atoms with Crippen LogP contribution in [0.5, 0.6) is 0 Å². The molecule has 2 atom stereocenters. The lowest BCUT2D eigenvalue weighted by Crippen LogP contribution is -2.43. The lowest BCUT2D eigenvalue weighted by Gasteiger charge is -2.28. The Hall–Kier alpha value is -0.610. The number of hydrogen-bond acceptors (Lipinski definition) is 3. The zero-order valence-electron chi connectivity index (χ0n) is 10.5. The predicted octanol–water partition coefficient (Wildman–Crippen LogP) is 0.892. The summed E-state index contributed by atoms with van der Waals surface area (Å²) in [6.45, 7) is 2.71. The zero-order valence-corrected chi connectivity index (χ0v) is 10.5. The maximum Gasteiger partial charge on any atom is 0.222 e. The van der Waals surface area contributed by atoms with Gasteiger partial charge in [0.2, 0.25) is 5.91 Å². The van der Waals surface area contributed by atoms with Gasteiger partial charge in [0.25, 0.3) is 0 Å². The number of carbonyl (C=O) groups is 1. The molecule has 1 saturated heterocycles. The Labute approximate surface area is 103 Å². The van der Waals surface area contributed by atoms with Crippen LogP contribution in [0, 0.1) is 0 Å². The van der Waals surface area contributed by atoms with Crippen molar-refractivity contribution in [1.29, 1.82) is 0 Å². The second-order valence-corrected chi connectivity index (χ2v) is 5.25. The van der Waals surface area contributed by atoms with Gasteiger partial charge >= 0.3 is 0 Å². The van der Waals surface area contributed by atoms with Crippen LogP contribution < -0.4 is 5.32 Å². The van der Waals surface area contributed by atoms with E-state index in [1.54, 1.807) is 0 Å². The van der Waals surface area contributed by atoms with E-state index >= 15 is 0 Å². The monoisotopic (exact) mass is 240 g/mol. The summed E-state index contributed by atoms with van der Waals surface area (Å²) < 4.78 is 0. The quantitative estimate of drug-likeness (QED) is 0.702. The molecule has 1 saturated carbocycles. The van der Waals surface area contributed by atoms with E-state index in [2.05, 4.69) is 5.32 Å². The molecule has 0 bridgehead atoms. The fraction of sp³-hybridized carbons (Fsp3) is 0.923. The summed E-state index contributed by atoms with van der Waals surface area (Å²) >= 11 is 0. The highest BCUT2D eigenvalue weighted by molar-refractivity contribution is 5.77. The minimum Gasteiger partial charge on any atom is -0.392 e. The number of likely N-dealkylation sites (tertiary alicyclic amines) is 1. The third-order valence-corrected chi connectivity index (χ3v) is 3.91. The first-order valence-corrected chi connectivity index (χ1v) is 6.96. The number of nitrogens with zero attached hydrogens (tertiary/aromatic N) is 1. The van der Waals surface area contributed by atoms with Gasteiger partial charge in [0.15, 0.2) is 0 Å². The summed E-state index contributed by atoms with van der Waals surface area (Å²) in [5.41, 5.74) is 0. The van der Waals surface area contributed by atoms with Crippen molar-refractivity contribution in [3.8, 4) is 0 Å². The van der Waals surface area contributed by atoms with E-state index in [1.807, 2.05) is 4.90 Å². The Morgan fingerprint density at radius 1 is 1.29 bits per heavy atom. The van der Waals surface area contributed by atoms with Crippen LogP contribution in [-0.2, 0) is 4.79 Å². The Balaban J connectivity index is 1.57. The van der Waals surface area contributed by atoms with Gasteiger partial charge in [-0.15, -0.1) is 0 Å². The average molecular weight is 240 g/mol. The molecule has 2 aliphatic rings. The summed E-state index contributed by atoms with van der Waals surface area (Å²) in [4.78, 5) is 13.3. The summed E-state index contributed by atoms with van der Waals surface area (Å²) in [7, 11) is 0. The fourth-order valence-corrected chi connectivity index (χ4v) is 2.85. The molecular weight excluding hydrogens is 216 g/mol. The molecule has 1 aliphatic carbocycles. The minimum absolute atomic E-state index is 0.169. The van der Waals surface area contributed by atoms with Crippen molar-refractivity contribution >= 4 is 5.91 Å². The fourth-order valence-electron chi connectivity index (χ4n) is 2.85. The molecule has 2 N–H and O–H groups in total. The maximum absolute atomic E-state index is 11.4. The number of nitrogens with one attached hydrogen (secondary N) is 1. The molecule has 4 heteroatoms. The van der Waals surface area contributed by atoms with Gasteiger partial charge in [0.1, 0.15) is 0 Å². The SMILES string of the molecule is O=C1CCCN1CCCN[C@H]1CCCC[C@@H]1O. The lowest BCUT2D eigenvalue weighted by atomic mass is 9.92. The molecule has 0 aromatic carbocycles. The van der Waals surface area contributed by atoms with Crippen molar-refractivity contribution in [2.45, 2.75) is 57.1 Å². The molecule has 0 radical (unpaired) electrons. The number of aliphatic hydroxyl groups excluding tert-OH is 1. The second kappa shape index (κ2) is 6.36. The molecule has 4 nitrogen and oxygen atoms in total. The number of amides is 1. The highest BCUT2D eigenvalue weighted by Gasteiger charge is 2.22. The number of hydrogen-bond donors (Lipinski definition) is 2. The van der Waals surface area contributed by atoms with Crippen LogP contribution in [0.2, 0.25) is 0 Å².